The topological polar surface area (TPSA) is 9.86 Å². The van der Waals surface area contributed by atoms with Gasteiger partial charge in [0.2, 0.25) is 0 Å². The van der Waals surface area contributed by atoms with Gasteiger partial charge in [-0.25, -0.2) is 0 Å². The number of aromatic nitrogens is 2. The summed E-state index contributed by atoms with van der Waals surface area (Å²) in [5, 5.41) is 5.07. The van der Waals surface area contributed by atoms with E-state index in [1.807, 2.05) is 0 Å². The molecule has 1 aliphatic rings. The molecule has 1 aliphatic heterocycles. The lowest BCUT2D eigenvalue weighted by Gasteiger charge is -2.12. The average molecular weight is 635 g/mol. The smallest absolute Gasteiger partial charge is 0.0620 e. The first-order chi connectivity index (χ1) is 24.8. The van der Waals surface area contributed by atoms with Crippen LogP contribution < -0.4 is 0 Å². The molecular formula is C48H30N2. The van der Waals surface area contributed by atoms with Crippen LogP contribution in [0.1, 0.15) is 0 Å². The van der Waals surface area contributed by atoms with Crippen LogP contribution in [-0.2, 0) is 0 Å². The standard InChI is InChI=1S/C48H30N2/c1-2-12-31(13-3-1)32-22-25-35(26-23-32)49-44-19-9-7-17-39(44)41-28-33(24-27-47(41)49)34-29-42-37-15-5-4-14-36(37)38-16-6-10-20-45(38)50-46-21-11-8-18-40(46)43(30-34)48(42)50/h1-30H. The predicted octanol–water partition coefficient (Wildman–Crippen LogP) is 12.9. The number of nitrogens with zero attached hydrogens (tertiary/aromatic N) is 2. The molecule has 8 aromatic carbocycles. The van der Waals surface area contributed by atoms with Crippen molar-refractivity contribution in [3.8, 4) is 55.9 Å². The lowest BCUT2D eigenvalue weighted by Crippen LogP contribution is -1.95. The maximum atomic E-state index is 2.49. The van der Waals surface area contributed by atoms with Gasteiger partial charge in [-0.2, -0.15) is 0 Å². The van der Waals surface area contributed by atoms with Gasteiger partial charge in [0.05, 0.1) is 27.8 Å². The third kappa shape index (κ3) is 3.85. The second-order valence-electron chi connectivity index (χ2n) is 13.3. The van der Waals surface area contributed by atoms with Gasteiger partial charge in [0.1, 0.15) is 0 Å². The molecule has 232 valence electrons. The van der Waals surface area contributed by atoms with E-state index < -0.39 is 0 Å². The average Bonchev–Trinajstić information content (AvgIpc) is 3.66. The molecule has 11 rings (SSSR count). The Hall–Kier alpha value is -6.64. The van der Waals surface area contributed by atoms with E-state index in [2.05, 4.69) is 191 Å². The molecule has 2 aromatic heterocycles. The third-order valence-electron chi connectivity index (χ3n) is 10.7. The van der Waals surface area contributed by atoms with Gasteiger partial charge < -0.3 is 9.13 Å². The first-order valence-electron chi connectivity index (χ1n) is 17.3. The van der Waals surface area contributed by atoms with E-state index in [0.717, 1.165) is 5.69 Å². The highest BCUT2D eigenvalue weighted by atomic mass is 15.0. The van der Waals surface area contributed by atoms with Crippen LogP contribution >= 0.6 is 0 Å². The Morgan fingerprint density at radius 1 is 0.280 bits per heavy atom. The highest BCUT2D eigenvalue weighted by molar-refractivity contribution is 6.18. The van der Waals surface area contributed by atoms with Gasteiger partial charge in [-0.1, -0.05) is 127 Å². The van der Waals surface area contributed by atoms with Crippen molar-refractivity contribution in [2.45, 2.75) is 0 Å². The van der Waals surface area contributed by atoms with Crippen LogP contribution in [0.15, 0.2) is 182 Å². The van der Waals surface area contributed by atoms with Crippen molar-refractivity contribution in [2.75, 3.05) is 0 Å². The minimum atomic E-state index is 1.16. The third-order valence-corrected chi connectivity index (χ3v) is 10.7. The molecule has 0 radical (unpaired) electrons. The lowest BCUT2D eigenvalue weighted by molar-refractivity contribution is 1.18. The Labute approximate surface area is 289 Å². The van der Waals surface area contributed by atoms with E-state index >= 15 is 0 Å². The van der Waals surface area contributed by atoms with Crippen LogP contribution in [0.25, 0.3) is 99.5 Å². The van der Waals surface area contributed by atoms with Gasteiger partial charge >= 0.3 is 0 Å². The molecule has 0 N–H and O–H groups in total. The number of para-hydroxylation sites is 3. The van der Waals surface area contributed by atoms with Crippen molar-refractivity contribution in [3.63, 3.8) is 0 Å². The summed E-state index contributed by atoms with van der Waals surface area (Å²) in [6.45, 7) is 0. The maximum Gasteiger partial charge on any atom is 0.0620 e. The first kappa shape index (κ1) is 27.3. The van der Waals surface area contributed by atoms with Gasteiger partial charge in [0.25, 0.3) is 0 Å². The molecule has 50 heavy (non-hydrogen) atoms. The van der Waals surface area contributed by atoms with E-state index in [1.54, 1.807) is 0 Å². The second kappa shape index (κ2) is 10.4. The van der Waals surface area contributed by atoms with Gasteiger partial charge in [-0.15, -0.1) is 0 Å². The molecular weight excluding hydrogens is 605 g/mol. The summed E-state index contributed by atoms with van der Waals surface area (Å²) in [5.74, 6) is 0. The summed E-state index contributed by atoms with van der Waals surface area (Å²) in [6, 6.07) is 66.8. The fourth-order valence-electron chi connectivity index (χ4n) is 8.43. The summed E-state index contributed by atoms with van der Waals surface area (Å²) in [4.78, 5) is 0. The molecule has 0 saturated carbocycles. The molecule has 0 fully saturated rings. The zero-order chi connectivity index (χ0) is 32.8. The van der Waals surface area contributed by atoms with Crippen LogP contribution in [0.4, 0.5) is 0 Å². The molecule has 0 saturated heterocycles. The molecule has 0 aliphatic carbocycles. The molecule has 0 amide bonds. The molecule has 0 unspecified atom stereocenters. The lowest BCUT2D eigenvalue weighted by atomic mass is 9.91. The van der Waals surface area contributed by atoms with Gasteiger partial charge in [0, 0.05) is 38.4 Å². The molecule has 2 heteroatoms. The van der Waals surface area contributed by atoms with E-state index in [0.29, 0.717) is 0 Å². The highest BCUT2D eigenvalue weighted by Crippen LogP contribution is 2.48. The monoisotopic (exact) mass is 634 g/mol. The minimum absolute atomic E-state index is 1.16. The Morgan fingerprint density at radius 2 is 0.820 bits per heavy atom. The SMILES string of the molecule is c1ccc(-c2ccc(-n3c4ccccc4c4cc(-c5cc6c7c(c5)c5ccccc5n7-c5ccccc5-c5ccccc5-6)ccc43)cc2)cc1. The number of rotatable bonds is 3. The fourth-order valence-corrected chi connectivity index (χ4v) is 8.43. The van der Waals surface area contributed by atoms with Crippen molar-refractivity contribution in [2.24, 2.45) is 0 Å². The summed E-state index contributed by atoms with van der Waals surface area (Å²) in [7, 11) is 0. The summed E-state index contributed by atoms with van der Waals surface area (Å²) in [6.07, 6.45) is 0. The Bertz CT molecular complexity index is 2960. The van der Waals surface area contributed by atoms with Crippen molar-refractivity contribution < 1.29 is 0 Å². The minimum Gasteiger partial charge on any atom is -0.309 e. The molecule has 0 bridgehead atoms. The molecule has 10 aromatic rings. The van der Waals surface area contributed by atoms with Crippen LogP contribution in [-0.4, -0.2) is 9.13 Å². The quantitative estimate of drug-likeness (QED) is 0.183. The number of benzene rings is 8. The maximum absolute atomic E-state index is 2.49. The van der Waals surface area contributed by atoms with E-state index in [-0.39, 0.29) is 0 Å². The summed E-state index contributed by atoms with van der Waals surface area (Å²) < 4.78 is 4.89. The second-order valence-corrected chi connectivity index (χ2v) is 13.3. The fraction of sp³-hybridized carbons (Fsp3) is 0. The van der Waals surface area contributed by atoms with Gasteiger partial charge in [-0.05, 0) is 88.0 Å². The van der Waals surface area contributed by atoms with Crippen molar-refractivity contribution >= 4 is 43.6 Å². The zero-order valence-corrected chi connectivity index (χ0v) is 27.2. The molecule has 0 spiro atoms. The van der Waals surface area contributed by atoms with Crippen LogP contribution in [0.5, 0.6) is 0 Å². The molecule has 3 heterocycles. The van der Waals surface area contributed by atoms with Crippen LogP contribution in [0.2, 0.25) is 0 Å². The Balaban J connectivity index is 1.15. The summed E-state index contributed by atoms with van der Waals surface area (Å²) >= 11 is 0. The van der Waals surface area contributed by atoms with Gasteiger partial charge in [0.15, 0.2) is 0 Å². The van der Waals surface area contributed by atoms with Crippen LogP contribution in [0, 0.1) is 0 Å². The number of hydrogen-bond acceptors (Lipinski definition) is 0. The van der Waals surface area contributed by atoms with Crippen molar-refractivity contribution in [1.29, 1.82) is 0 Å². The molecule has 2 nitrogen and oxygen atoms in total. The van der Waals surface area contributed by atoms with Crippen molar-refractivity contribution in [1.82, 2.24) is 9.13 Å². The number of hydrogen-bond donors (Lipinski definition) is 0. The van der Waals surface area contributed by atoms with E-state index in [1.165, 1.54) is 93.8 Å². The predicted molar refractivity (Wildman–Crippen MR) is 210 cm³/mol. The van der Waals surface area contributed by atoms with Crippen LogP contribution in [0.3, 0.4) is 0 Å². The summed E-state index contributed by atoms with van der Waals surface area (Å²) in [5.41, 5.74) is 17.3. The van der Waals surface area contributed by atoms with Crippen molar-refractivity contribution in [3.05, 3.63) is 182 Å². The van der Waals surface area contributed by atoms with E-state index in [9.17, 15) is 0 Å². The normalized spacial score (nSPS) is 12.0. The molecule has 0 atom stereocenters. The van der Waals surface area contributed by atoms with E-state index in [4.69, 9.17) is 0 Å². The Morgan fingerprint density at radius 3 is 1.60 bits per heavy atom. The van der Waals surface area contributed by atoms with Gasteiger partial charge in [-0.3, -0.25) is 0 Å². The zero-order valence-electron chi connectivity index (χ0n) is 27.2. The first-order valence-corrected chi connectivity index (χ1v) is 17.3. The highest BCUT2D eigenvalue weighted by Gasteiger charge is 2.25. The number of fused-ring (bicyclic) bond motifs is 11. The largest absolute Gasteiger partial charge is 0.309 e. The Kier molecular flexibility index (Phi) is 5.70.